The number of nitrogens with two attached hydrogens (primary N) is 1. The van der Waals surface area contributed by atoms with Gasteiger partial charge in [0.05, 0.1) is 35.9 Å². The maximum atomic E-state index is 8.95. The second-order valence-corrected chi connectivity index (χ2v) is 4.85. The Bertz CT molecular complexity index is 626. The molecule has 0 unspecified atom stereocenters. The van der Waals surface area contributed by atoms with Gasteiger partial charge in [-0.2, -0.15) is 5.26 Å². The second-order valence-electron chi connectivity index (χ2n) is 4.85. The number of nitrogen functional groups attached to an aromatic ring is 1. The smallest absolute Gasteiger partial charge is 0.201 e. The van der Waals surface area contributed by atoms with Gasteiger partial charge in [-0.1, -0.05) is 0 Å². The molecule has 0 fully saturated rings. The molecular weight excluding hydrogens is 254 g/mol. The Labute approximate surface area is 118 Å². The fourth-order valence-corrected chi connectivity index (χ4v) is 1.95. The third-order valence-electron chi connectivity index (χ3n) is 3.05. The average Bonchev–Trinajstić information content (AvgIpc) is 2.73. The maximum Gasteiger partial charge on any atom is 0.201 e. The van der Waals surface area contributed by atoms with Crippen LogP contribution < -0.4 is 5.73 Å². The molecule has 0 aliphatic carbocycles. The fourth-order valence-electron chi connectivity index (χ4n) is 1.95. The van der Waals surface area contributed by atoms with E-state index in [1.165, 1.54) is 0 Å². The number of imidazole rings is 1. The highest BCUT2D eigenvalue weighted by atomic mass is 16.5. The van der Waals surface area contributed by atoms with Crippen molar-refractivity contribution in [2.24, 2.45) is 0 Å². The van der Waals surface area contributed by atoms with Crippen molar-refractivity contribution in [1.29, 1.82) is 5.26 Å². The summed E-state index contributed by atoms with van der Waals surface area (Å²) in [6.45, 7) is 2.77. The Balaban J connectivity index is 2.05. The van der Waals surface area contributed by atoms with E-state index >= 15 is 0 Å². The molecule has 0 atom stereocenters. The van der Waals surface area contributed by atoms with Crippen LogP contribution in [0.2, 0.25) is 0 Å². The van der Waals surface area contributed by atoms with Crippen molar-refractivity contribution in [2.45, 2.75) is 6.54 Å². The van der Waals surface area contributed by atoms with E-state index in [9.17, 15) is 0 Å². The third kappa shape index (κ3) is 3.26. The molecule has 1 heterocycles. The van der Waals surface area contributed by atoms with Crippen LogP contribution in [-0.4, -0.2) is 48.3 Å². The number of rotatable bonds is 6. The summed E-state index contributed by atoms with van der Waals surface area (Å²) in [5, 5.41) is 8.95. The second kappa shape index (κ2) is 6.37. The number of nitriles is 1. The lowest BCUT2D eigenvalue weighted by atomic mass is 10.2. The van der Waals surface area contributed by atoms with Crippen molar-refractivity contribution in [3.63, 3.8) is 0 Å². The standard InChI is InChI=1S/C14H19N5O/c1-18(2)5-7-20-8-6-19-13-9-11(10-15)3-4-12(13)17-14(19)16/h3-4,9H,5-8H2,1-2H3,(H2,16,17). The SMILES string of the molecule is CN(C)CCOCCn1c(N)nc2ccc(C#N)cc21. The number of nitrogens with zero attached hydrogens (tertiary/aromatic N) is 4. The van der Waals surface area contributed by atoms with Crippen LogP contribution in [0.15, 0.2) is 18.2 Å². The predicted octanol–water partition coefficient (Wildman–Crippen LogP) is 1.07. The van der Waals surface area contributed by atoms with Crippen molar-refractivity contribution < 1.29 is 4.74 Å². The number of aromatic nitrogens is 2. The Morgan fingerprint density at radius 1 is 1.40 bits per heavy atom. The van der Waals surface area contributed by atoms with E-state index in [1.807, 2.05) is 24.7 Å². The minimum Gasteiger partial charge on any atom is -0.378 e. The first kappa shape index (κ1) is 14.3. The lowest BCUT2D eigenvalue weighted by molar-refractivity contribution is 0.112. The van der Waals surface area contributed by atoms with Gasteiger partial charge in [-0.15, -0.1) is 0 Å². The van der Waals surface area contributed by atoms with Gasteiger partial charge < -0.3 is 19.9 Å². The van der Waals surface area contributed by atoms with Gasteiger partial charge in [0.15, 0.2) is 0 Å². The van der Waals surface area contributed by atoms with Crippen LogP contribution in [-0.2, 0) is 11.3 Å². The number of ether oxygens (including phenoxy) is 1. The van der Waals surface area contributed by atoms with Crippen LogP contribution in [0, 0.1) is 11.3 Å². The van der Waals surface area contributed by atoms with Crippen LogP contribution in [0.3, 0.4) is 0 Å². The first-order valence-corrected chi connectivity index (χ1v) is 6.50. The molecule has 0 saturated heterocycles. The number of anilines is 1. The van der Waals surface area contributed by atoms with E-state index in [0.29, 0.717) is 31.3 Å². The molecule has 1 aromatic heterocycles. The van der Waals surface area contributed by atoms with Crippen molar-refractivity contribution in [2.75, 3.05) is 39.6 Å². The lowest BCUT2D eigenvalue weighted by Crippen LogP contribution is -2.19. The van der Waals surface area contributed by atoms with Gasteiger partial charge in [0, 0.05) is 13.1 Å². The Morgan fingerprint density at radius 2 is 2.20 bits per heavy atom. The summed E-state index contributed by atoms with van der Waals surface area (Å²) >= 11 is 0. The zero-order valence-corrected chi connectivity index (χ0v) is 11.8. The summed E-state index contributed by atoms with van der Waals surface area (Å²) in [6.07, 6.45) is 0. The topological polar surface area (TPSA) is 80.1 Å². The Kier molecular flexibility index (Phi) is 4.56. The molecule has 0 spiro atoms. The molecule has 106 valence electrons. The van der Waals surface area contributed by atoms with Crippen LogP contribution in [0.4, 0.5) is 5.95 Å². The molecule has 6 nitrogen and oxygen atoms in total. The van der Waals surface area contributed by atoms with Gasteiger partial charge in [-0.05, 0) is 32.3 Å². The normalized spacial score (nSPS) is 11.1. The summed E-state index contributed by atoms with van der Waals surface area (Å²) in [6, 6.07) is 7.49. The van der Waals surface area contributed by atoms with E-state index in [0.717, 1.165) is 17.6 Å². The quantitative estimate of drug-likeness (QED) is 0.796. The highest BCUT2D eigenvalue weighted by Gasteiger charge is 2.08. The van der Waals surface area contributed by atoms with E-state index in [-0.39, 0.29) is 0 Å². The van der Waals surface area contributed by atoms with Gasteiger partial charge in [-0.25, -0.2) is 4.98 Å². The zero-order chi connectivity index (χ0) is 14.5. The highest BCUT2D eigenvalue weighted by molar-refractivity contribution is 5.79. The molecule has 0 aliphatic rings. The van der Waals surface area contributed by atoms with Crippen LogP contribution >= 0.6 is 0 Å². The van der Waals surface area contributed by atoms with Crippen LogP contribution in [0.1, 0.15) is 5.56 Å². The van der Waals surface area contributed by atoms with Crippen LogP contribution in [0.25, 0.3) is 11.0 Å². The summed E-state index contributed by atoms with van der Waals surface area (Å²) < 4.78 is 7.45. The van der Waals surface area contributed by atoms with Gasteiger partial charge in [0.2, 0.25) is 5.95 Å². The van der Waals surface area contributed by atoms with Crippen molar-refractivity contribution in [1.82, 2.24) is 14.5 Å². The maximum absolute atomic E-state index is 8.95. The molecule has 2 N–H and O–H groups in total. The first-order chi connectivity index (χ1) is 9.61. The number of fused-ring (bicyclic) bond motifs is 1. The molecular formula is C14H19N5O. The van der Waals surface area contributed by atoms with Gasteiger partial charge >= 0.3 is 0 Å². The summed E-state index contributed by atoms with van der Waals surface area (Å²) in [5.41, 5.74) is 8.19. The molecule has 0 bridgehead atoms. The molecule has 0 amide bonds. The molecule has 2 rings (SSSR count). The zero-order valence-electron chi connectivity index (χ0n) is 11.8. The monoisotopic (exact) mass is 273 g/mol. The summed E-state index contributed by atoms with van der Waals surface area (Å²) in [4.78, 5) is 6.35. The van der Waals surface area contributed by atoms with E-state index in [2.05, 4.69) is 16.0 Å². The van der Waals surface area contributed by atoms with E-state index in [1.54, 1.807) is 12.1 Å². The van der Waals surface area contributed by atoms with Crippen molar-refractivity contribution >= 4 is 17.0 Å². The van der Waals surface area contributed by atoms with Gasteiger partial charge in [-0.3, -0.25) is 0 Å². The minimum atomic E-state index is 0.450. The molecule has 0 radical (unpaired) electrons. The first-order valence-electron chi connectivity index (χ1n) is 6.50. The molecule has 6 heteroatoms. The fraction of sp³-hybridized carbons (Fsp3) is 0.429. The molecule has 1 aromatic carbocycles. The van der Waals surface area contributed by atoms with E-state index in [4.69, 9.17) is 15.7 Å². The summed E-state index contributed by atoms with van der Waals surface area (Å²) in [7, 11) is 4.02. The number of hydrogen-bond donors (Lipinski definition) is 1. The highest BCUT2D eigenvalue weighted by Crippen LogP contribution is 2.19. The van der Waals surface area contributed by atoms with Crippen molar-refractivity contribution in [3.05, 3.63) is 23.8 Å². The molecule has 0 aliphatic heterocycles. The molecule has 0 saturated carbocycles. The predicted molar refractivity (Wildman–Crippen MR) is 78.2 cm³/mol. The lowest BCUT2D eigenvalue weighted by Gasteiger charge is -2.11. The van der Waals surface area contributed by atoms with Crippen molar-refractivity contribution in [3.8, 4) is 6.07 Å². The van der Waals surface area contributed by atoms with Gasteiger partial charge in [0.1, 0.15) is 0 Å². The number of benzene rings is 1. The average molecular weight is 273 g/mol. The molecule has 20 heavy (non-hydrogen) atoms. The van der Waals surface area contributed by atoms with Gasteiger partial charge in [0.25, 0.3) is 0 Å². The number of likely N-dealkylation sites (N-methyl/N-ethyl adjacent to an activating group) is 1. The van der Waals surface area contributed by atoms with E-state index < -0.39 is 0 Å². The Hall–Kier alpha value is -2.10. The number of hydrogen-bond acceptors (Lipinski definition) is 5. The third-order valence-corrected chi connectivity index (χ3v) is 3.05. The minimum absolute atomic E-state index is 0.450. The summed E-state index contributed by atoms with van der Waals surface area (Å²) in [5.74, 6) is 0.450. The largest absolute Gasteiger partial charge is 0.378 e. The molecule has 2 aromatic rings. The van der Waals surface area contributed by atoms with Crippen LogP contribution in [0.5, 0.6) is 0 Å². The Morgan fingerprint density at radius 3 is 2.90 bits per heavy atom.